The first-order chi connectivity index (χ1) is 61.7. The molecule has 0 atom stereocenters. The number of rotatable bonds is 10. The molecule has 0 unspecified atom stereocenters. The zero-order valence-corrected chi connectivity index (χ0v) is 71.7. The number of carbonyl (C=O) groups is 6. The molecule has 0 saturated carbocycles. The average Bonchev–Trinajstić information content (AvgIpc) is 1.40. The number of amides is 6. The van der Waals surface area contributed by atoms with Crippen molar-refractivity contribution in [1.82, 2.24) is 80.0 Å². The molecule has 131 heavy (non-hydrogen) atoms. The first-order valence-electron chi connectivity index (χ1n) is 42.9. The molecule has 708 valence electrons. The van der Waals surface area contributed by atoms with Crippen LogP contribution in [0.3, 0.4) is 0 Å². The number of aromatic amines is 4. The second-order valence-corrected chi connectivity index (χ2v) is 35.5. The Morgan fingerprint density at radius 3 is 0.840 bits per heavy atom. The first kappa shape index (κ1) is 96.1. The molecule has 8 aromatic rings. The fourth-order valence-corrected chi connectivity index (χ4v) is 19.0. The second-order valence-electron chi connectivity index (χ2n) is 35.5. The molecular formula is C88H94F20N16O7. The summed E-state index contributed by atoms with van der Waals surface area (Å²) in [5.41, 5.74) is 0.369. The number of ether oxygens (including phenoxy) is 1. The molecule has 23 nitrogen and oxygen atoms in total. The van der Waals surface area contributed by atoms with Crippen molar-refractivity contribution in [2.75, 3.05) is 98.3 Å². The van der Waals surface area contributed by atoms with E-state index < -0.39 is 117 Å². The molecule has 9 aliphatic heterocycles. The number of fused-ring (bicyclic) bond motifs is 4. The zero-order chi connectivity index (χ0) is 94.6. The van der Waals surface area contributed by atoms with Gasteiger partial charge in [-0.3, -0.25) is 59.0 Å². The van der Waals surface area contributed by atoms with Crippen molar-refractivity contribution in [2.24, 2.45) is 5.41 Å². The maximum atomic E-state index is 14.0. The van der Waals surface area contributed by atoms with Crippen molar-refractivity contribution in [3.63, 3.8) is 0 Å². The SMILES string of the molecule is CC(=O)N1CCc2[nH]nc(C(=O)N3CCC(c4ccc(F)c(F)c4C(F)(F)F)CC3)c2C1.CC(=O)N1CCc2[nH]nc(C(=O)N3CCC(c4ccc(F)c(F)c4C(F)(F)F)CC3)c2C1.CC(C)(C)CN1CCc2[nH]nc(C(=O)N3CCC(c4ccc(F)c(F)c4C(F)(F)F)CC3)c2C1.O=C(c1n[nH]c2c1CN(C1COC1)CC2)N1CCC(c2ccc(F)c(F)c2C(F)(F)F)CC1. The lowest BCUT2D eigenvalue weighted by Crippen LogP contribution is -2.50. The van der Waals surface area contributed by atoms with E-state index in [1.807, 2.05) is 0 Å². The summed E-state index contributed by atoms with van der Waals surface area (Å²) in [5.74, 6) is -17.7. The summed E-state index contributed by atoms with van der Waals surface area (Å²) in [7, 11) is 0. The number of halogens is 20. The van der Waals surface area contributed by atoms with Gasteiger partial charge in [-0.15, -0.1) is 0 Å². The van der Waals surface area contributed by atoms with Crippen LogP contribution in [0.15, 0.2) is 48.5 Å². The third-order valence-electron chi connectivity index (χ3n) is 25.9. The summed E-state index contributed by atoms with van der Waals surface area (Å²) in [4.78, 5) is 89.8. The van der Waals surface area contributed by atoms with Gasteiger partial charge in [0.25, 0.3) is 23.6 Å². The van der Waals surface area contributed by atoms with Gasteiger partial charge in [0.1, 0.15) is 0 Å². The Hall–Kier alpha value is -11.0. The minimum Gasteiger partial charge on any atom is -0.378 e. The highest BCUT2D eigenvalue weighted by atomic mass is 19.4. The van der Waals surface area contributed by atoms with Crippen molar-refractivity contribution in [1.29, 1.82) is 0 Å². The molecular weight excluding hydrogens is 1770 g/mol. The summed E-state index contributed by atoms with van der Waals surface area (Å²) in [5, 5.41) is 28.3. The van der Waals surface area contributed by atoms with Crippen LogP contribution in [-0.2, 0) is 90.9 Å². The number of alkyl halides is 12. The van der Waals surface area contributed by atoms with Gasteiger partial charge in [0, 0.05) is 196 Å². The zero-order valence-electron chi connectivity index (χ0n) is 71.7. The monoisotopic (exact) mass is 1870 g/mol. The molecule has 5 saturated heterocycles. The van der Waals surface area contributed by atoms with Crippen LogP contribution in [0, 0.1) is 52.0 Å². The lowest BCUT2D eigenvalue weighted by molar-refractivity contribution is -0.142. The number of nitrogens with zero attached hydrogens (tertiary/aromatic N) is 12. The number of hydrogen-bond acceptors (Lipinski definition) is 13. The molecule has 0 radical (unpaired) electrons. The minimum absolute atomic E-state index is 0.108. The fourth-order valence-electron chi connectivity index (χ4n) is 19.0. The summed E-state index contributed by atoms with van der Waals surface area (Å²) >= 11 is 0. The third kappa shape index (κ3) is 20.8. The molecule has 0 bridgehead atoms. The quantitative estimate of drug-likeness (QED) is 0.0931. The topological polar surface area (TPSA) is 252 Å². The van der Waals surface area contributed by atoms with E-state index in [0.717, 1.165) is 103 Å². The molecule has 4 aromatic heterocycles. The van der Waals surface area contributed by atoms with E-state index in [1.54, 1.807) is 19.6 Å². The lowest BCUT2D eigenvalue weighted by Gasteiger charge is -2.39. The van der Waals surface area contributed by atoms with Gasteiger partial charge in [0.2, 0.25) is 11.8 Å². The van der Waals surface area contributed by atoms with Gasteiger partial charge in [-0.1, -0.05) is 45.0 Å². The number of nitrogens with one attached hydrogen (secondary N) is 4. The van der Waals surface area contributed by atoms with Crippen molar-refractivity contribution in [3.05, 3.63) is 207 Å². The highest BCUT2D eigenvalue weighted by Crippen LogP contribution is 2.47. The van der Waals surface area contributed by atoms with Gasteiger partial charge in [-0.05, 0) is 127 Å². The Morgan fingerprint density at radius 1 is 0.344 bits per heavy atom. The number of likely N-dealkylation sites (tertiary alicyclic amines) is 4. The van der Waals surface area contributed by atoms with E-state index in [9.17, 15) is 117 Å². The summed E-state index contributed by atoms with van der Waals surface area (Å²) < 4.78 is 276. The summed E-state index contributed by atoms with van der Waals surface area (Å²) in [6.45, 7) is 17.6. The van der Waals surface area contributed by atoms with Gasteiger partial charge >= 0.3 is 24.7 Å². The molecule has 13 heterocycles. The minimum atomic E-state index is -5.02. The second kappa shape index (κ2) is 38.3. The van der Waals surface area contributed by atoms with E-state index in [0.29, 0.717) is 92.9 Å². The molecule has 4 aromatic carbocycles. The fraction of sp³-hybridized carbons (Fsp3) is 0.523. The van der Waals surface area contributed by atoms with Crippen LogP contribution in [0.25, 0.3) is 0 Å². The van der Waals surface area contributed by atoms with E-state index in [1.165, 1.54) is 23.6 Å². The largest absolute Gasteiger partial charge is 0.419 e. The Morgan fingerprint density at radius 2 is 0.595 bits per heavy atom. The molecule has 5 fully saturated rings. The van der Waals surface area contributed by atoms with Gasteiger partial charge < -0.3 is 34.1 Å². The van der Waals surface area contributed by atoms with E-state index in [4.69, 9.17) is 4.74 Å². The summed E-state index contributed by atoms with van der Waals surface area (Å²) in [6.07, 6.45) is -15.8. The molecule has 4 N–H and O–H groups in total. The predicted molar refractivity (Wildman–Crippen MR) is 428 cm³/mol. The summed E-state index contributed by atoms with van der Waals surface area (Å²) in [6, 6.07) is 7.17. The highest BCUT2D eigenvalue weighted by molar-refractivity contribution is 5.96. The van der Waals surface area contributed by atoms with E-state index in [-0.39, 0.29) is 191 Å². The first-order valence-corrected chi connectivity index (χ1v) is 42.9. The Kier molecular flexibility index (Phi) is 28.1. The van der Waals surface area contributed by atoms with E-state index >= 15 is 0 Å². The standard InChI is InChI=1S/C24H29F5N4O.C22H23F5N4O2.2C21H21F5N4O2/c1-23(2,3)13-32-9-8-18-16(12-32)21(31-30-18)22(34)33-10-6-14(7-11-33)15-4-5-17(25)20(26)19(15)24(27,28)29;23-16-2-1-14(18(19(16)24)22(25,26)27)12-3-6-30(7-4-12)21(32)20-15-9-31(13-10-33-11-13)8-5-17(15)28-29-20;2*1-11(31)30-9-6-16-14(10-30)19(28-27-16)20(32)29-7-4-12(5-8-29)13-2-3-15(22)18(23)17(13)21(24,25)26/h4-5,14H,6-13H2,1-3H3,(H,30,31);1-2,12-13H,3-11H2,(H,28,29);2*2-3,12H,4-10H2,1H3,(H,27,28). The molecule has 17 rings (SSSR count). The van der Waals surface area contributed by atoms with Gasteiger partial charge in [-0.2, -0.15) is 73.1 Å². The van der Waals surface area contributed by atoms with Gasteiger partial charge in [0.15, 0.2) is 69.3 Å². The molecule has 0 aliphatic carbocycles. The third-order valence-corrected chi connectivity index (χ3v) is 25.9. The van der Waals surface area contributed by atoms with Crippen molar-refractivity contribution < 1.29 is 121 Å². The van der Waals surface area contributed by atoms with Crippen molar-refractivity contribution >= 4 is 35.4 Å². The van der Waals surface area contributed by atoms with Crippen molar-refractivity contribution in [3.8, 4) is 0 Å². The number of benzene rings is 4. The van der Waals surface area contributed by atoms with Crippen LogP contribution in [0.1, 0.15) is 241 Å². The molecule has 6 amide bonds. The number of hydrogen-bond donors (Lipinski definition) is 4. The number of H-pyrrole nitrogens is 4. The molecule has 9 aliphatic rings. The normalized spacial score (nSPS) is 18.5. The number of aromatic nitrogens is 8. The Balaban J connectivity index is 0.000000141. The van der Waals surface area contributed by atoms with Crippen LogP contribution in [0.2, 0.25) is 0 Å². The van der Waals surface area contributed by atoms with Crippen molar-refractivity contribution in [2.45, 2.75) is 192 Å². The smallest absolute Gasteiger partial charge is 0.378 e. The Labute approximate surface area is 737 Å². The maximum absolute atomic E-state index is 14.0. The van der Waals surface area contributed by atoms with Gasteiger partial charge in [0.05, 0.1) is 41.5 Å². The van der Waals surface area contributed by atoms with Crippen LogP contribution >= 0.6 is 0 Å². The van der Waals surface area contributed by atoms with Crippen LogP contribution in [0.5, 0.6) is 0 Å². The van der Waals surface area contributed by atoms with Crippen LogP contribution in [0.4, 0.5) is 87.8 Å². The number of carbonyl (C=O) groups excluding carboxylic acids is 6. The van der Waals surface area contributed by atoms with Crippen LogP contribution in [-0.4, -0.2) is 220 Å². The van der Waals surface area contributed by atoms with Gasteiger partial charge in [-0.25, -0.2) is 35.1 Å². The maximum Gasteiger partial charge on any atom is 0.419 e. The Bertz CT molecular complexity index is 5420. The lowest BCUT2D eigenvalue weighted by atomic mass is 9.85. The number of piperidine rings is 4. The van der Waals surface area contributed by atoms with E-state index in [2.05, 4.69) is 71.4 Å². The highest BCUT2D eigenvalue weighted by Gasteiger charge is 2.48. The average molecular weight is 1870 g/mol. The van der Waals surface area contributed by atoms with Crippen LogP contribution < -0.4 is 0 Å². The predicted octanol–water partition coefficient (Wildman–Crippen LogP) is 15.9. The molecule has 0 spiro atoms. The molecule has 43 heteroatoms.